The zero-order valence-electron chi connectivity index (χ0n) is 30.0. The number of fused-ring (bicyclic) bond motifs is 6. The second-order valence-corrected chi connectivity index (χ2v) is 14.3. The molecule has 10 aromatic carbocycles. The number of para-hydroxylation sites is 1. The second-order valence-electron chi connectivity index (χ2n) is 14.3. The molecule has 0 spiro atoms. The lowest BCUT2D eigenvalue weighted by Gasteiger charge is -2.20. The molecule has 2 nitrogen and oxygen atoms in total. The lowest BCUT2D eigenvalue weighted by Crippen LogP contribution is -1.98. The molecule has 0 aliphatic carbocycles. The van der Waals surface area contributed by atoms with E-state index in [1.165, 1.54) is 76.5 Å². The Kier molecular flexibility index (Phi) is 7.21. The van der Waals surface area contributed by atoms with E-state index in [0.717, 1.165) is 27.8 Å². The first kappa shape index (κ1) is 31.3. The van der Waals surface area contributed by atoms with E-state index in [0.29, 0.717) is 0 Å². The molecule has 0 amide bonds. The van der Waals surface area contributed by atoms with Crippen molar-refractivity contribution in [1.29, 1.82) is 0 Å². The van der Waals surface area contributed by atoms with Crippen LogP contribution in [0.3, 0.4) is 0 Å². The number of hydrogen-bond donors (Lipinski definition) is 0. The summed E-state index contributed by atoms with van der Waals surface area (Å²) in [5.74, 6) is 0. The van der Waals surface area contributed by atoms with Crippen LogP contribution in [-0.4, -0.2) is 9.78 Å². The van der Waals surface area contributed by atoms with Gasteiger partial charge >= 0.3 is 0 Å². The van der Waals surface area contributed by atoms with E-state index in [2.05, 4.69) is 211 Å². The Labute approximate surface area is 319 Å². The van der Waals surface area contributed by atoms with Gasteiger partial charge in [-0.25, -0.2) is 4.68 Å². The number of aromatic nitrogens is 2. The third kappa shape index (κ3) is 5.00. The zero-order chi connectivity index (χ0) is 36.3. The number of hydrogen-bond acceptors (Lipinski definition) is 1. The fraction of sp³-hybridized carbons (Fsp3) is 0. The summed E-state index contributed by atoms with van der Waals surface area (Å²) >= 11 is 0. The Morgan fingerprint density at radius 1 is 0.327 bits per heavy atom. The zero-order valence-corrected chi connectivity index (χ0v) is 30.0. The molecule has 0 bridgehead atoms. The van der Waals surface area contributed by atoms with E-state index in [1.54, 1.807) is 0 Å². The molecule has 11 aromatic rings. The van der Waals surface area contributed by atoms with E-state index >= 15 is 0 Å². The number of rotatable bonds is 5. The van der Waals surface area contributed by atoms with Crippen molar-refractivity contribution < 1.29 is 0 Å². The van der Waals surface area contributed by atoms with Crippen LogP contribution in [0.1, 0.15) is 0 Å². The highest BCUT2D eigenvalue weighted by Crippen LogP contribution is 2.49. The van der Waals surface area contributed by atoms with Crippen LogP contribution in [0.5, 0.6) is 0 Å². The van der Waals surface area contributed by atoms with Crippen LogP contribution in [0.15, 0.2) is 206 Å². The lowest BCUT2D eigenvalue weighted by atomic mass is 9.83. The smallest absolute Gasteiger partial charge is 0.101 e. The molecule has 0 atom stereocenters. The van der Waals surface area contributed by atoms with Crippen LogP contribution in [0.25, 0.3) is 104 Å². The number of nitrogens with zero attached hydrogens (tertiary/aromatic N) is 2. The van der Waals surface area contributed by atoms with Gasteiger partial charge in [0.15, 0.2) is 0 Å². The van der Waals surface area contributed by atoms with Crippen molar-refractivity contribution in [1.82, 2.24) is 9.78 Å². The second kappa shape index (κ2) is 12.7. The molecule has 0 fully saturated rings. The number of benzene rings is 10. The Morgan fingerprint density at radius 3 is 1.55 bits per heavy atom. The average Bonchev–Trinajstić information content (AvgIpc) is 3.67. The first-order valence-corrected chi connectivity index (χ1v) is 18.9. The predicted molar refractivity (Wildman–Crippen MR) is 233 cm³/mol. The van der Waals surface area contributed by atoms with E-state index in [4.69, 9.17) is 5.10 Å². The molecular formula is C53H34N2. The Balaban J connectivity index is 1.32. The summed E-state index contributed by atoms with van der Waals surface area (Å²) in [4.78, 5) is 0. The van der Waals surface area contributed by atoms with Gasteiger partial charge in [0.1, 0.15) is 5.69 Å². The largest absolute Gasteiger partial charge is 0.232 e. The van der Waals surface area contributed by atoms with Gasteiger partial charge in [-0.2, -0.15) is 5.10 Å². The third-order valence-electron chi connectivity index (χ3n) is 11.2. The summed E-state index contributed by atoms with van der Waals surface area (Å²) < 4.78 is 2.18. The molecule has 0 unspecified atom stereocenters. The monoisotopic (exact) mass is 698 g/mol. The fourth-order valence-corrected chi connectivity index (χ4v) is 8.77. The average molecular weight is 699 g/mol. The maximum absolute atomic E-state index is 5.52. The van der Waals surface area contributed by atoms with Crippen molar-refractivity contribution in [3.05, 3.63) is 206 Å². The first-order chi connectivity index (χ1) is 27.3. The van der Waals surface area contributed by atoms with Gasteiger partial charge in [0.05, 0.1) is 11.2 Å². The molecule has 0 radical (unpaired) electrons. The highest BCUT2D eigenvalue weighted by Gasteiger charge is 2.25. The highest BCUT2D eigenvalue weighted by molar-refractivity contribution is 6.28. The summed E-state index contributed by atoms with van der Waals surface area (Å²) in [5.41, 5.74) is 11.4. The van der Waals surface area contributed by atoms with E-state index in [-0.39, 0.29) is 0 Å². The lowest BCUT2D eigenvalue weighted by molar-refractivity contribution is 0.918. The van der Waals surface area contributed by atoms with Crippen molar-refractivity contribution in [2.45, 2.75) is 0 Å². The van der Waals surface area contributed by atoms with Crippen LogP contribution in [-0.2, 0) is 0 Å². The van der Waals surface area contributed by atoms with Crippen molar-refractivity contribution >= 4 is 54.0 Å². The van der Waals surface area contributed by atoms with Crippen molar-refractivity contribution in [2.75, 3.05) is 0 Å². The summed E-state index contributed by atoms with van der Waals surface area (Å²) in [6.45, 7) is 0. The van der Waals surface area contributed by atoms with Crippen molar-refractivity contribution in [3.63, 3.8) is 0 Å². The Hall–Kier alpha value is -7.29. The van der Waals surface area contributed by atoms with Crippen molar-refractivity contribution in [3.8, 4) is 50.3 Å². The van der Waals surface area contributed by atoms with Crippen LogP contribution >= 0.6 is 0 Å². The van der Waals surface area contributed by atoms with Gasteiger partial charge in [-0.1, -0.05) is 182 Å². The molecule has 1 aromatic heterocycles. The van der Waals surface area contributed by atoms with Crippen LogP contribution in [0, 0.1) is 0 Å². The van der Waals surface area contributed by atoms with E-state index in [9.17, 15) is 0 Å². The minimum absolute atomic E-state index is 0.969. The quantitative estimate of drug-likeness (QED) is 0.164. The third-order valence-corrected chi connectivity index (χ3v) is 11.2. The maximum atomic E-state index is 5.52. The van der Waals surface area contributed by atoms with Crippen molar-refractivity contribution in [2.24, 2.45) is 0 Å². The molecular weight excluding hydrogens is 665 g/mol. The SMILES string of the molecule is c1ccc(-c2cc3cccc(-c4c5ccccc5c(-c5ccc6ccccc6c5)c5ccccc45)c3c3c2c(-c2ccccc2)nn3-c2ccccc2)cc1. The van der Waals surface area contributed by atoms with E-state index in [1.807, 2.05) is 0 Å². The molecule has 0 N–H and O–H groups in total. The molecule has 0 aliphatic rings. The van der Waals surface area contributed by atoms with Gasteiger partial charge in [0.2, 0.25) is 0 Å². The Bertz CT molecular complexity index is 3180. The normalized spacial score (nSPS) is 11.6. The summed E-state index contributed by atoms with van der Waals surface area (Å²) in [7, 11) is 0. The molecule has 2 heteroatoms. The predicted octanol–water partition coefficient (Wildman–Crippen LogP) is 14.3. The van der Waals surface area contributed by atoms with Crippen LogP contribution in [0.2, 0.25) is 0 Å². The molecule has 256 valence electrons. The molecule has 0 saturated heterocycles. The van der Waals surface area contributed by atoms with Crippen LogP contribution < -0.4 is 0 Å². The molecule has 0 saturated carbocycles. The maximum Gasteiger partial charge on any atom is 0.101 e. The van der Waals surface area contributed by atoms with Crippen LogP contribution in [0.4, 0.5) is 0 Å². The summed E-state index contributed by atoms with van der Waals surface area (Å²) in [6.07, 6.45) is 0. The van der Waals surface area contributed by atoms with Gasteiger partial charge < -0.3 is 0 Å². The van der Waals surface area contributed by atoms with Gasteiger partial charge in [-0.05, 0) is 95.3 Å². The fourth-order valence-electron chi connectivity index (χ4n) is 8.77. The minimum Gasteiger partial charge on any atom is -0.232 e. The van der Waals surface area contributed by atoms with Gasteiger partial charge in [-0.3, -0.25) is 0 Å². The topological polar surface area (TPSA) is 17.8 Å². The molecule has 1 heterocycles. The van der Waals surface area contributed by atoms with Gasteiger partial charge in [0.25, 0.3) is 0 Å². The van der Waals surface area contributed by atoms with E-state index < -0.39 is 0 Å². The first-order valence-electron chi connectivity index (χ1n) is 18.9. The van der Waals surface area contributed by atoms with Gasteiger partial charge in [0, 0.05) is 16.3 Å². The molecule has 55 heavy (non-hydrogen) atoms. The highest BCUT2D eigenvalue weighted by atomic mass is 15.3. The Morgan fingerprint density at radius 2 is 0.873 bits per heavy atom. The molecule has 0 aliphatic heterocycles. The standard InChI is InChI=1S/C53H34N2/c1-4-18-36(19-5-1)47-34-39-23-16-30-46(49(39)53-51(47)52(37-20-6-2-7-21-37)54-55(53)41-24-8-3-9-25-41)50-44-28-14-12-26-42(44)48(43-27-13-15-29-45(43)50)40-32-31-35-17-10-11-22-38(35)33-40/h1-34H. The molecule has 11 rings (SSSR count). The minimum atomic E-state index is 0.969. The summed E-state index contributed by atoms with van der Waals surface area (Å²) in [6, 6.07) is 74.6. The summed E-state index contributed by atoms with van der Waals surface area (Å²) in [5, 5.41) is 16.4. The van der Waals surface area contributed by atoms with Gasteiger partial charge in [-0.15, -0.1) is 0 Å².